The predicted octanol–water partition coefficient (Wildman–Crippen LogP) is -14.2. The third kappa shape index (κ3) is 8410. The normalized spacial score (nSPS) is 1.85. The molecule has 0 atom stereocenters. The number of carbonyl (C=O) groups is 2. The van der Waals surface area contributed by atoms with Crippen LogP contribution >= 0.6 is 0 Å². The standard InChI is InChI=1S/2CH2O3.Na.17H2O.H/c2*2-1(3)4;;;;;;;;;;;;;;;;;;;/h2*(H2,2,3,4);;17*1H2;. The first-order chi connectivity index (χ1) is 3.46. The molecule has 0 spiro atoms. The van der Waals surface area contributed by atoms with E-state index in [1.54, 1.807) is 0 Å². The van der Waals surface area contributed by atoms with Gasteiger partial charge in [0.05, 0.1) is 0 Å². The van der Waals surface area contributed by atoms with Gasteiger partial charge in [0, 0.05) is 0 Å². The van der Waals surface area contributed by atoms with Gasteiger partial charge in [-0.05, 0) is 0 Å². The number of rotatable bonds is 0. The Kier molecular flexibility index (Phi) is 12200. The Labute approximate surface area is 165 Å². The van der Waals surface area contributed by atoms with Crippen molar-refractivity contribution in [2.24, 2.45) is 0 Å². The van der Waals surface area contributed by atoms with Crippen LogP contribution in [-0.4, -0.2) is 155 Å². The molecule has 0 rings (SSSR count). The summed E-state index contributed by atoms with van der Waals surface area (Å²) in [6.45, 7) is 0. The van der Waals surface area contributed by atoms with Crippen molar-refractivity contribution in [3.63, 3.8) is 0 Å². The second kappa shape index (κ2) is 528. The van der Waals surface area contributed by atoms with Gasteiger partial charge in [0.15, 0.2) is 0 Å². The monoisotopic (exact) mass is 454 g/mol. The van der Waals surface area contributed by atoms with Gasteiger partial charge in [0.1, 0.15) is 0 Å². The van der Waals surface area contributed by atoms with E-state index < -0.39 is 12.3 Å². The minimum absolute atomic E-state index is 0. The van der Waals surface area contributed by atoms with Crippen LogP contribution in [0.15, 0.2) is 0 Å². The van der Waals surface area contributed by atoms with Gasteiger partial charge in [-0.25, -0.2) is 9.59 Å². The zero-order valence-corrected chi connectivity index (χ0v) is 12.1. The van der Waals surface area contributed by atoms with Gasteiger partial charge in [-0.3, -0.25) is 0 Å². The van der Waals surface area contributed by atoms with Crippen molar-refractivity contribution in [2.45, 2.75) is 0 Å². The fraction of sp³-hybridized carbons (Fsp3) is 0. The fourth-order valence-corrected chi connectivity index (χ4v) is 0. The van der Waals surface area contributed by atoms with E-state index in [0.717, 1.165) is 0 Å². The van der Waals surface area contributed by atoms with E-state index >= 15 is 0 Å². The fourth-order valence-electron chi connectivity index (χ4n) is 0. The molecule has 0 unspecified atom stereocenters. The van der Waals surface area contributed by atoms with Gasteiger partial charge in [-0.1, -0.05) is 0 Å². The minimum atomic E-state index is -1.83. The molecular weight excluding hydrogens is 415 g/mol. The van der Waals surface area contributed by atoms with E-state index in [1.165, 1.54) is 0 Å². The first kappa shape index (κ1) is 599. The van der Waals surface area contributed by atoms with Crippen molar-refractivity contribution in [3.05, 3.63) is 0 Å². The van der Waals surface area contributed by atoms with Crippen molar-refractivity contribution in [1.29, 1.82) is 0 Å². The van der Waals surface area contributed by atoms with Crippen LogP contribution in [0.1, 0.15) is 0 Å². The average Bonchev–Trinajstić information content (AvgIpc) is 1.25. The van der Waals surface area contributed by atoms with E-state index in [1.807, 2.05) is 0 Å². The van der Waals surface area contributed by atoms with E-state index in [0.29, 0.717) is 0 Å². The summed E-state index contributed by atoms with van der Waals surface area (Å²) >= 11 is 0. The van der Waals surface area contributed by atoms with Gasteiger partial charge in [0.2, 0.25) is 0 Å². The van der Waals surface area contributed by atoms with Crippen LogP contribution in [0.3, 0.4) is 0 Å². The SMILES string of the molecule is O.O.O.O.O.O.O.O.O.O.O.O.O.O.O.O.O.O=C(O)O.O=C(O)O.[NaH]. The first-order valence-corrected chi connectivity index (χ1v) is 1.30. The Morgan fingerprint density at radius 3 is 0.308 bits per heavy atom. The molecule has 0 bridgehead atoms. The molecule has 0 saturated carbocycles. The van der Waals surface area contributed by atoms with Crippen LogP contribution in [0.2, 0.25) is 0 Å². The van der Waals surface area contributed by atoms with Crippen LogP contribution in [0.5, 0.6) is 0 Å². The summed E-state index contributed by atoms with van der Waals surface area (Å²) in [5.41, 5.74) is 0. The zero-order chi connectivity index (χ0) is 7.15. The number of carboxylic acid groups (broad SMARTS) is 4. The Balaban J connectivity index is -0.000000000909. The third-order valence-electron chi connectivity index (χ3n) is 0. The van der Waals surface area contributed by atoms with Gasteiger partial charge in [0.25, 0.3) is 0 Å². The van der Waals surface area contributed by atoms with E-state index in [2.05, 4.69) is 0 Å². The molecule has 38 N–H and O–H groups in total. The summed E-state index contributed by atoms with van der Waals surface area (Å²) in [7, 11) is 0. The Morgan fingerprint density at radius 1 is 0.308 bits per heavy atom. The molecule has 0 aliphatic rings. The van der Waals surface area contributed by atoms with Crippen LogP contribution < -0.4 is 0 Å². The molecule has 0 aliphatic carbocycles. The zero-order valence-electron chi connectivity index (χ0n) is 12.1. The van der Waals surface area contributed by atoms with Crippen molar-refractivity contribution in [3.8, 4) is 0 Å². The summed E-state index contributed by atoms with van der Waals surface area (Å²) in [6, 6.07) is 0. The third-order valence-corrected chi connectivity index (χ3v) is 0. The van der Waals surface area contributed by atoms with Crippen molar-refractivity contribution >= 4 is 41.9 Å². The molecule has 0 radical (unpaired) electrons. The Bertz CT molecular complexity index is 74.2. The number of hydrogen-bond acceptors (Lipinski definition) is 2. The summed E-state index contributed by atoms with van der Waals surface area (Å²) in [5, 5.41) is 27.9. The van der Waals surface area contributed by atoms with Crippen molar-refractivity contribution in [1.82, 2.24) is 0 Å². The molecule has 0 aromatic heterocycles. The van der Waals surface area contributed by atoms with Crippen molar-refractivity contribution < 1.29 is 123 Å². The van der Waals surface area contributed by atoms with Crippen LogP contribution in [0, 0.1) is 0 Å². The Morgan fingerprint density at radius 2 is 0.308 bits per heavy atom. The topological polar surface area (TPSA) is 651 Å². The summed E-state index contributed by atoms with van der Waals surface area (Å²) in [6.07, 6.45) is -3.67. The molecule has 0 fully saturated rings. The summed E-state index contributed by atoms with van der Waals surface area (Å²) < 4.78 is 0. The maximum atomic E-state index is 8.56. The van der Waals surface area contributed by atoms with E-state index in [9.17, 15) is 0 Å². The molecule has 23 nitrogen and oxygen atoms in total. The average molecular weight is 454 g/mol. The second-order valence-electron chi connectivity index (χ2n) is 0.565. The van der Waals surface area contributed by atoms with Crippen LogP contribution in [0.25, 0.3) is 0 Å². The van der Waals surface area contributed by atoms with Gasteiger partial charge in [-0.15, -0.1) is 0 Å². The maximum absolute atomic E-state index is 8.56. The Hall–Kier alpha value is -1.14. The molecule has 0 aromatic rings. The van der Waals surface area contributed by atoms with Crippen LogP contribution in [0.4, 0.5) is 9.59 Å². The van der Waals surface area contributed by atoms with Gasteiger partial charge >= 0.3 is 41.9 Å². The predicted molar refractivity (Wildman–Crippen MR) is 89.9 cm³/mol. The first-order valence-electron chi connectivity index (χ1n) is 1.30. The van der Waals surface area contributed by atoms with Gasteiger partial charge in [-0.2, -0.15) is 0 Å². The molecular formula is C2H39NaO23. The molecule has 26 heavy (non-hydrogen) atoms. The molecule has 0 amide bonds. The summed E-state index contributed by atoms with van der Waals surface area (Å²) in [5.74, 6) is 0. The molecule has 0 aliphatic heterocycles. The molecule has 24 heteroatoms. The van der Waals surface area contributed by atoms with E-state index in [4.69, 9.17) is 30.0 Å². The number of hydrogen-bond donors (Lipinski definition) is 4. The van der Waals surface area contributed by atoms with Crippen molar-refractivity contribution in [2.75, 3.05) is 0 Å². The summed E-state index contributed by atoms with van der Waals surface area (Å²) in [4.78, 5) is 17.1. The molecule has 0 aromatic carbocycles. The van der Waals surface area contributed by atoms with E-state index in [-0.39, 0.29) is 123 Å². The van der Waals surface area contributed by atoms with Crippen LogP contribution in [-0.2, 0) is 0 Å². The second-order valence-corrected chi connectivity index (χ2v) is 0.565. The molecule has 0 heterocycles. The molecule has 186 valence electrons. The molecule has 0 saturated heterocycles. The quantitative estimate of drug-likeness (QED) is 0.257. The van der Waals surface area contributed by atoms with Gasteiger partial charge < -0.3 is 114 Å².